The molecule has 5 heteroatoms. The molecule has 68 valence electrons. The molecule has 5 nitrogen and oxygen atoms in total. The molecule has 0 aliphatic carbocycles. The molecule has 0 saturated carbocycles. The number of fused-ring (bicyclic) bond motifs is 1. The van der Waals surface area contributed by atoms with Gasteiger partial charge in [-0.3, -0.25) is 0 Å². The Balaban J connectivity index is 0.000000845. The van der Waals surface area contributed by atoms with Crippen LogP contribution >= 0.6 is 0 Å². The summed E-state index contributed by atoms with van der Waals surface area (Å²) in [5.74, 6) is -1.05. The summed E-state index contributed by atoms with van der Waals surface area (Å²) >= 11 is 0. The second-order valence-electron chi connectivity index (χ2n) is 2.41. The number of aromatic carboxylic acids is 1. The highest BCUT2D eigenvalue weighted by molar-refractivity contribution is 5.88. The molecule has 0 unspecified atom stereocenters. The number of para-hydroxylation sites is 2. The van der Waals surface area contributed by atoms with Crippen LogP contribution in [0.2, 0.25) is 0 Å². The summed E-state index contributed by atoms with van der Waals surface area (Å²) in [6.07, 6.45) is 0. The predicted molar refractivity (Wildman–Crippen MR) is 46.7 cm³/mol. The zero-order valence-electron chi connectivity index (χ0n) is 6.61. The minimum Gasteiger partial charge on any atom is -0.475 e. The van der Waals surface area contributed by atoms with E-state index in [0.717, 1.165) is 5.52 Å². The fourth-order valence-electron chi connectivity index (χ4n) is 1.05. The van der Waals surface area contributed by atoms with E-state index < -0.39 is 5.97 Å². The molecular weight excluding hydrogens is 172 g/mol. The standard InChI is InChI=1S/C8H6N2O2.H2O/c11-8(12)7-9-5-3-1-2-4-6(5)10-7;/h1-4H,(H,9,10)(H,11,12);1H2. The van der Waals surface area contributed by atoms with Gasteiger partial charge in [-0.25, -0.2) is 9.78 Å². The van der Waals surface area contributed by atoms with E-state index in [1.807, 2.05) is 12.1 Å². The third kappa shape index (κ3) is 1.50. The number of benzene rings is 1. The number of aromatic amines is 1. The lowest BCUT2D eigenvalue weighted by Gasteiger charge is -1.81. The van der Waals surface area contributed by atoms with E-state index in [-0.39, 0.29) is 11.3 Å². The van der Waals surface area contributed by atoms with E-state index >= 15 is 0 Å². The van der Waals surface area contributed by atoms with Gasteiger partial charge in [0.15, 0.2) is 0 Å². The Labute approximate surface area is 73.3 Å². The second kappa shape index (κ2) is 3.24. The van der Waals surface area contributed by atoms with Gasteiger partial charge in [0.2, 0.25) is 5.82 Å². The van der Waals surface area contributed by atoms with Crippen molar-refractivity contribution in [3.63, 3.8) is 0 Å². The van der Waals surface area contributed by atoms with Crippen LogP contribution in [0.1, 0.15) is 10.6 Å². The lowest BCUT2D eigenvalue weighted by molar-refractivity contribution is 0.0685. The summed E-state index contributed by atoms with van der Waals surface area (Å²) in [7, 11) is 0. The summed E-state index contributed by atoms with van der Waals surface area (Å²) in [6, 6.07) is 7.19. The molecule has 1 aromatic heterocycles. The average Bonchev–Trinajstić information content (AvgIpc) is 2.46. The van der Waals surface area contributed by atoms with Gasteiger partial charge in [0.1, 0.15) is 0 Å². The van der Waals surface area contributed by atoms with Gasteiger partial charge in [0, 0.05) is 0 Å². The van der Waals surface area contributed by atoms with Crippen LogP contribution in [0.15, 0.2) is 24.3 Å². The third-order valence-electron chi connectivity index (χ3n) is 1.59. The highest BCUT2D eigenvalue weighted by atomic mass is 16.4. The number of nitrogens with zero attached hydrogens (tertiary/aromatic N) is 1. The monoisotopic (exact) mass is 180 g/mol. The third-order valence-corrected chi connectivity index (χ3v) is 1.59. The maximum Gasteiger partial charge on any atom is 0.371 e. The number of aromatic nitrogens is 2. The fourth-order valence-corrected chi connectivity index (χ4v) is 1.05. The van der Waals surface area contributed by atoms with Crippen molar-refractivity contribution >= 4 is 17.0 Å². The van der Waals surface area contributed by atoms with Crippen LogP contribution < -0.4 is 0 Å². The first-order chi connectivity index (χ1) is 5.77. The average molecular weight is 180 g/mol. The summed E-state index contributed by atoms with van der Waals surface area (Å²) in [5, 5.41) is 8.59. The number of carbonyl (C=O) groups is 1. The summed E-state index contributed by atoms with van der Waals surface area (Å²) in [4.78, 5) is 17.0. The van der Waals surface area contributed by atoms with E-state index in [2.05, 4.69) is 9.97 Å². The molecule has 2 aromatic rings. The Morgan fingerprint density at radius 1 is 1.38 bits per heavy atom. The van der Waals surface area contributed by atoms with Crippen LogP contribution in [0.4, 0.5) is 0 Å². The van der Waals surface area contributed by atoms with E-state index in [1.54, 1.807) is 12.1 Å². The van der Waals surface area contributed by atoms with Gasteiger partial charge in [-0.2, -0.15) is 0 Å². The summed E-state index contributed by atoms with van der Waals surface area (Å²) < 4.78 is 0. The lowest BCUT2D eigenvalue weighted by Crippen LogP contribution is -1.97. The SMILES string of the molecule is O.O=C(O)c1nc2ccccc2[nH]1. The van der Waals surface area contributed by atoms with Gasteiger partial charge in [-0.05, 0) is 12.1 Å². The van der Waals surface area contributed by atoms with Crippen molar-refractivity contribution in [1.82, 2.24) is 9.97 Å². The van der Waals surface area contributed by atoms with Crippen molar-refractivity contribution < 1.29 is 15.4 Å². The smallest absolute Gasteiger partial charge is 0.371 e. The number of nitrogens with one attached hydrogen (secondary N) is 1. The zero-order valence-corrected chi connectivity index (χ0v) is 6.61. The minimum absolute atomic E-state index is 0. The second-order valence-corrected chi connectivity index (χ2v) is 2.41. The Hall–Kier alpha value is -1.88. The number of carboxylic acids is 1. The van der Waals surface area contributed by atoms with Crippen LogP contribution in [0, 0.1) is 0 Å². The number of H-pyrrole nitrogens is 1. The van der Waals surface area contributed by atoms with E-state index in [9.17, 15) is 4.79 Å². The number of hydrogen-bond acceptors (Lipinski definition) is 2. The van der Waals surface area contributed by atoms with E-state index in [1.165, 1.54) is 0 Å². The van der Waals surface area contributed by atoms with Crippen molar-refractivity contribution in [2.24, 2.45) is 0 Å². The van der Waals surface area contributed by atoms with Crippen LogP contribution in [-0.2, 0) is 0 Å². The molecule has 0 radical (unpaired) electrons. The predicted octanol–water partition coefficient (Wildman–Crippen LogP) is 0.436. The highest BCUT2D eigenvalue weighted by Gasteiger charge is 2.07. The Morgan fingerprint density at radius 2 is 2.08 bits per heavy atom. The van der Waals surface area contributed by atoms with Gasteiger partial charge >= 0.3 is 5.97 Å². The van der Waals surface area contributed by atoms with Gasteiger partial charge in [0.05, 0.1) is 11.0 Å². The highest BCUT2D eigenvalue weighted by Crippen LogP contribution is 2.09. The fraction of sp³-hybridized carbons (Fsp3) is 0. The summed E-state index contributed by atoms with van der Waals surface area (Å²) in [6.45, 7) is 0. The first kappa shape index (κ1) is 9.21. The molecule has 0 bridgehead atoms. The molecule has 0 amide bonds. The largest absolute Gasteiger partial charge is 0.475 e. The van der Waals surface area contributed by atoms with Crippen molar-refractivity contribution in [1.29, 1.82) is 0 Å². The van der Waals surface area contributed by atoms with Gasteiger partial charge in [-0.1, -0.05) is 12.1 Å². The molecule has 0 atom stereocenters. The normalized spacial score (nSPS) is 9.54. The Bertz CT molecular complexity index is 403. The molecule has 0 saturated heterocycles. The van der Waals surface area contributed by atoms with Crippen molar-refractivity contribution in [3.05, 3.63) is 30.1 Å². The quantitative estimate of drug-likeness (QED) is 0.666. The molecule has 0 fully saturated rings. The van der Waals surface area contributed by atoms with Crippen molar-refractivity contribution in [2.45, 2.75) is 0 Å². The molecule has 1 aromatic carbocycles. The lowest BCUT2D eigenvalue weighted by atomic mass is 10.3. The van der Waals surface area contributed by atoms with Gasteiger partial charge < -0.3 is 15.6 Å². The number of hydrogen-bond donors (Lipinski definition) is 2. The summed E-state index contributed by atoms with van der Waals surface area (Å²) in [5.41, 5.74) is 1.42. The van der Waals surface area contributed by atoms with Crippen LogP contribution in [0.25, 0.3) is 11.0 Å². The van der Waals surface area contributed by atoms with Gasteiger partial charge in [0.25, 0.3) is 0 Å². The molecule has 13 heavy (non-hydrogen) atoms. The topological polar surface area (TPSA) is 97.5 Å². The van der Waals surface area contributed by atoms with Crippen molar-refractivity contribution in [2.75, 3.05) is 0 Å². The molecular formula is C8H8N2O3. The number of rotatable bonds is 1. The van der Waals surface area contributed by atoms with E-state index in [0.29, 0.717) is 5.52 Å². The van der Waals surface area contributed by atoms with Crippen LogP contribution in [0.5, 0.6) is 0 Å². The first-order valence-corrected chi connectivity index (χ1v) is 3.45. The molecule has 1 heterocycles. The molecule has 0 aliphatic rings. The first-order valence-electron chi connectivity index (χ1n) is 3.45. The zero-order chi connectivity index (χ0) is 8.55. The van der Waals surface area contributed by atoms with Gasteiger partial charge in [-0.15, -0.1) is 0 Å². The molecule has 2 rings (SSSR count). The van der Waals surface area contributed by atoms with Crippen LogP contribution in [0.3, 0.4) is 0 Å². The number of carboxylic acid groups (broad SMARTS) is 1. The molecule has 0 spiro atoms. The molecule has 4 N–H and O–H groups in total. The number of imidazole rings is 1. The Morgan fingerprint density at radius 3 is 2.69 bits per heavy atom. The van der Waals surface area contributed by atoms with E-state index in [4.69, 9.17) is 5.11 Å². The Kier molecular flexibility index (Phi) is 2.29. The van der Waals surface area contributed by atoms with Crippen LogP contribution in [-0.4, -0.2) is 26.5 Å². The maximum atomic E-state index is 10.5. The van der Waals surface area contributed by atoms with Crippen molar-refractivity contribution in [3.8, 4) is 0 Å². The molecule has 0 aliphatic heterocycles. The minimum atomic E-state index is -1.04. The maximum absolute atomic E-state index is 10.5.